The van der Waals surface area contributed by atoms with Crippen LogP contribution in [0.4, 0.5) is 5.00 Å². The van der Waals surface area contributed by atoms with Gasteiger partial charge in [-0.2, -0.15) is 9.64 Å². The number of nitriles is 1. The normalized spacial score (nSPS) is 22.3. The molecule has 1 aromatic rings. The standard InChI is InChI=1S/C13H16ClN3S/c14-11-10(9-15)12(18-16-11)17-7-5-13(6-8-17)3-1-2-4-13/h1-8H2. The Kier molecular flexibility index (Phi) is 3.21. The first-order valence-corrected chi connectivity index (χ1v) is 7.69. The Balaban J connectivity index is 1.74. The highest BCUT2D eigenvalue weighted by molar-refractivity contribution is 7.10. The lowest BCUT2D eigenvalue weighted by Gasteiger charge is -2.39. The van der Waals surface area contributed by atoms with Crippen LogP contribution in [-0.2, 0) is 0 Å². The zero-order chi connectivity index (χ0) is 12.6. The van der Waals surface area contributed by atoms with Gasteiger partial charge in [0.15, 0.2) is 5.15 Å². The Morgan fingerprint density at radius 1 is 1.22 bits per heavy atom. The largest absolute Gasteiger partial charge is 0.361 e. The summed E-state index contributed by atoms with van der Waals surface area (Å²) in [6.45, 7) is 2.10. The molecule has 0 atom stereocenters. The van der Waals surface area contributed by atoms with Gasteiger partial charge in [0.2, 0.25) is 0 Å². The van der Waals surface area contributed by atoms with E-state index in [1.54, 1.807) is 0 Å². The number of rotatable bonds is 1. The molecule has 1 aromatic heterocycles. The quantitative estimate of drug-likeness (QED) is 0.785. The maximum absolute atomic E-state index is 9.13. The maximum atomic E-state index is 9.13. The first-order chi connectivity index (χ1) is 8.74. The second kappa shape index (κ2) is 4.71. The zero-order valence-corrected chi connectivity index (χ0v) is 11.9. The van der Waals surface area contributed by atoms with Crippen LogP contribution < -0.4 is 4.90 Å². The summed E-state index contributed by atoms with van der Waals surface area (Å²) in [5, 5.41) is 10.5. The predicted octanol–water partition coefficient (Wildman–Crippen LogP) is 3.83. The fourth-order valence-electron chi connectivity index (χ4n) is 3.38. The smallest absolute Gasteiger partial charge is 0.162 e. The van der Waals surface area contributed by atoms with E-state index in [1.165, 1.54) is 50.1 Å². The highest BCUT2D eigenvalue weighted by atomic mass is 35.5. The second-order valence-electron chi connectivity index (χ2n) is 5.46. The number of nitrogens with zero attached hydrogens (tertiary/aromatic N) is 3. The van der Waals surface area contributed by atoms with Crippen molar-refractivity contribution in [2.45, 2.75) is 38.5 Å². The number of hydrogen-bond acceptors (Lipinski definition) is 4. The van der Waals surface area contributed by atoms with Crippen molar-refractivity contribution < 1.29 is 0 Å². The van der Waals surface area contributed by atoms with Crippen LogP contribution in [0.25, 0.3) is 0 Å². The van der Waals surface area contributed by atoms with Gasteiger partial charge in [0.05, 0.1) is 0 Å². The number of hydrogen-bond donors (Lipinski definition) is 0. The average molecular weight is 282 g/mol. The lowest BCUT2D eigenvalue weighted by atomic mass is 9.77. The molecule has 18 heavy (non-hydrogen) atoms. The van der Waals surface area contributed by atoms with Crippen LogP contribution in [0.2, 0.25) is 5.15 Å². The van der Waals surface area contributed by atoms with Crippen LogP contribution in [0.5, 0.6) is 0 Å². The Morgan fingerprint density at radius 2 is 1.89 bits per heavy atom. The molecule has 0 radical (unpaired) electrons. The Hall–Kier alpha value is -0.790. The van der Waals surface area contributed by atoms with Crippen molar-refractivity contribution in [1.82, 2.24) is 4.37 Å². The summed E-state index contributed by atoms with van der Waals surface area (Å²) in [7, 11) is 0. The van der Waals surface area contributed by atoms with Gasteiger partial charge in [-0.05, 0) is 42.6 Å². The molecule has 1 aliphatic carbocycles. The minimum absolute atomic E-state index is 0.360. The topological polar surface area (TPSA) is 39.9 Å². The van der Waals surface area contributed by atoms with Crippen LogP contribution in [0, 0.1) is 16.7 Å². The molecule has 2 heterocycles. The van der Waals surface area contributed by atoms with Crippen LogP contribution in [-0.4, -0.2) is 17.5 Å². The monoisotopic (exact) mass is 281 g/mol. The van der Waals surface area contributed by atoms with Gasteiger partial charge in [-0.15, -0.1) is 0 Å². The van der Waals surface area contributed by atoms with Crippen molar-refractivity contribution in [3.8, 4) is 6.07 Å². The van der Waals surface area contributed by atoms with Gasteiger partial charge < -0.3 is 4.90 Å². The molecule has 96 valence electrons. The number of anilines is 1. The molecular formula is C13H16ClN3S. The van der Waals surface area contributed by atoms with E-state index < -0.39 is 0 Å². The molecule has 3 nitrogen and oxygen atoms in total. The molecular weight excluding hydrogens is 266 g/mol. The zero-order valence-electron chi connectivity index (χ0n) is 10.3. The molecule has 0 amide bonds. The van der Waals surface area contributed by atoms with E-state index in [2.05, 4.69) is 15.3 Å². The molecule has 0 aromatic carbocycles. The number of piperidine rings is 1. The molecule has 1 spiro atoms. The van der Waals surface area contributed by atoms with E-state index in [0.29, 0.717) is 16.1 Å². The Labute approximate surface area is 117 Å². The van der Waals surface area contributed by atoms with Crippen LogP contribution in [0.15, 0.2) is 0 Å². The molecule has 0 bridgehead atoms. The van der Waals surface area contributed by atoms with Crippen molar-refractivity contribution in [2.24, 2.45) is 5.41 Å². The molecule has 2 aliphatic rings. The van der Waals surface area contributed by atoms with Crippen molar-refractivity contribution in [3.05, 3.63) is 10.7 Å². The van der Waals surface area contributed by atoms with E-state index in [9.17, 15) is 0 Å². The summed E-state index contributed by atoms with van der Waals surface area (Å²) < 4.78 is 4.09. The second-order valence-corrected chi connectivity index (χ2v) is 6.57. The molecule has 1 aliphatic heterocycles. The minimum atomic E-state index is 0.360. The van der Waals surface area contributed by atoms with Crippen molar-refractivity contribution in [1.29, 1.82) is 5.26 Å². The van der Waals surface area contributed by atoms with Crippen molar-refractivity contribution >= 4 is 28.1 Å². The number of halogens is 1. The van der Waals surface area contributed by atoms with Crippen molar-refractivity contribution in [2.75, 3.05) is 18.0 Å². The maximum Gasteiger partial charge on any atom is 0.162 e. The van der Waals surface area contributed by atoms with Crippen LogP contribution >= 0.6 is 23.1 Å². The lowest BCUT2D eigenvalue weighted by molar-refractivity contribution is 0.227. The molecule has 3 rings (SSSR count). The summed E-state index contributed by atoms with van der Waals surface area (Å²) in [5.74, 6) is 0. The fourth-order valence-corrected chi connectivity index (χ4v) is 4.46. The van der Waals surface area contributed by atoms with Gasteiger partial charge in [-0.3, -0.25) is 0 Å². The Bertz CT molecular complexity index is 475. The Morgan fingerprint density at radius 3 is 2.50 bits per heavy atom. The van der Waals surface area contributed by atoms with Gasteiger partial charge in [0.25, 0.3) is 0 Å². The minimum Gasteiger partial charge on any atom is -0.361 e. The van der Waals surface area contributed by atoms with Gasteiger partial charge in [-0.25, -0.2) is 0 Å². The van der Waals surface area contributed by atoms with E-state index in [0.717, 1.165) is 18.1 Å². The highest BCUT2D eigenvalue weighted by Gasteiger charge is 2.37. The molecule has 0 unspecified atom stereocenters. The molecule has 1 saturated heterocycles. The third-order valence-corrected chi connectivity index (χ3v) is 5.80. The highest BCUT2D eigenvalue weighted by Crippen LogP contribution is 2.47. The van der Waals surface area contributed by atoms with Crippen LogP contribution in [0.1, 0.15) is 44.1 Å². The van der Waals surface area contributed by atoms with E-state index in [-0.39, 0.29) is 0 Å². The lowest BCUT2D eigenvalue weighted by Crippen LogP contribution is -2.38. The third kappa shape index (κ3) is 2.00. The molecule has 0 N–H and O–H groups in total. The van der Waals surface area contributed by atoms with E-state index in [4.69, 9.17) is 16.9 Å². The van der Waals surface area contributed by atoms with Gasteiger partial charge in [0, 0.05) is 13.1 Å². The summed E-state index contributed by atoms with van der Waals surface area (Å²) in [5.41, 5.74) is 1.17. The van der Waals surface area contributed by atoms with Crippen molar-refractivity contribution in [3.63, 3.8) is 0 Å². The summed E-state index contributed by atoms with van der Waals surface area (Å²) in [4.78, 5) is 2.30. The first kappa shape index (κ1) is 12.3. The summed E-state index contributed by atoms with van der Waals surface area (Å²) in [6.07, 6.45) is 8.11. The SMILES string of the molecule is N#Cc1c(Cl)nsc1N1CCC2(CCCC2)CC1. The molecule has 5 heteroatoms. The van der Waals surface area contributed by atoms with E-state index >= 15 is 0 Å². The summed E-state index contributed by atoms with van der Waals surface area (Å²) >= 11 is 7.29. The first-order valence-electron chi connectivity index (χ1n) is 6.54. The van der Waals surface area contributed by atoms with Gasteiger partial charge >= 0.3 is 0 Å². The van der Waals surface area contributed by atoms with Crippen LogP contribution in [0.3, 0.4) is 0 Å². The summed E-state index contributed by atoms with van der Waals surface area (Å²) in [6, 6.07) is 2.18. The third-order valence-electron chi connectivity index (χ3n) is 4.52. The van der Waals surface area contributed by atoms with Gasteiger partial charge in [-0.1, -0.05) is 24.4 Å². The van der Waals surface area contributed by atoms with Gasteiger partial charge in [0.1, 0.15) is 16.6 Å². The molecule has 1 saturated carbocycles. The predicted molar refractivity (Wildman–Crippen MR) is 74.2 cm³/mol. The average Bonchev–Trinajstić information content (AvgIpc) is 2.98. The molecule has 2 fully saturated rings. The van der Waals surface area contributed by atoms with E-state index in [1.807, 2.05) is 0 Å². The fraction of sp³-hybridized carbons (Fsp3) is 0.692. The number of aromatic nitrogens is 1.